The number of nitrogens with one attached hydrogen (secondary N) is 1. The summed E-state index contributed by atoms with van der Waals surface area (Å²) in [7, 11) is 1.57. The van der Waals surface area contributed by atoms with Gasteiger partial charge in [0.15, 0.2) is 5.78 Å². The van der Waals surface area contributed by atoms with Crippen molar-refractivity contribution in [2.45, 2.75) is 31.0 Å². The SMILES string of the molecule is COc1ccc([C@H]2CC(=O)C3=C(C2)Nc2ccccc2N(C(=O)C(F)(F)F)[C@H]3c2ccccc2)cc1. The predicted molar refractivity (Wildman–Crippen MR) is 130 cm³/mol. The second-order valence-electron chi connectivity index (χ2n) is 8.82. The van der Waals surface area contributed by atoms with Crippen molar-refractivity contribution < 1.29 is 27.5 Å². The monoisotopic (exact) mass is 492 g/mol. The number of carbonyl (C=O) groups excluding carboxylic acids is 2. The van der Waals surface area contributed by atoms with Crippen LogP contribution in [0.3, 0.4) is 0 Å². The van der Waals surface area contributed by atoms with Crippen molar-refractivity contribution in [2.75, 3.05) is 17.3 Å². The molecule has 2 atom stereocenters. The van der Waals surface area contributed by atoms with E-state index < -0.39 is 18.1 Å². The number of nitrogens with zero attached hydrogens (tertiary/aromatic N) is 1. The zero-order valence-electron chi connectivity index (χ0n) is 19.4. The van der Waals surface area contributed by atoms with Gasteiger partial charge < -0.3 is 10.1 Å². The molecule has 2 aliphatic rings. The van der Waals surface area contributed by atoms with Gasteiger partial charge in [-0.3, -0.25) is 14.5 Å². The number of fused-ring (bicyclic) bond motifs is 1. The van der Waals surface area contributed by atoms with Crippen molar-refractivity contribution >= 4 is 23.1 Å². The fraction of sp³-hybridized carbons (Fsp3) is 0.214. The van der Waals surface area contributed by atoms with E-state index in [4.69, 9.17) is 4.74 Å². The third-order valence-electron chi connectivity index (χ3n) is 6.65. The molecular formula is C28H23F3N2O3. The van der Waals surface area contributed by atoms with Crippen LogP contribution in [-0.4, -0.2) is 25.0 Å². The minimum Gasteiger partial charge on any atom is -0.497 e. The first kappa shape index (κ1) is 23.7. The zero-order valence-corrected chi connectivity index (χ0v) is 19.4. The van der Waals surface area contributed by atoms with E-state index in [1.165, 1.54) is 6.07 Å². The molecule has 0 aromatic heterocycles. The molecule has 0 unspecified atom stereocenters. The number of allylic oxidation sites excluding steroid dienone is 1. The van der Waals surface area contributed by atoms with E-state index in [2.05, 4.69) is 5.32 Å². The number of carbonyl (C=O) groups is 2. The number of ether oxygens (including phenoxy) is 1. The van der Waals surface area contributed by atoms with E-state index in [9.17, 15) is 22.8 Å². The molecule has 1 aliphatic carbocycles. The molecule has 8 heteroatoms. The summed E-state index contributed by atoms with van der Waals surface area (Å²) in [6.07, 6.45) is -4.62. The topological polar surface area (TPSA) is 58.6 Å². The zero-order chi connectivity index (χ0) is 25.4. The molecule has 184 valence electrons. The van der Waals surface area contributed by atoms with Gasteiger partial charge in [-0.05, 0) is 47.7 Å². The average molecular weight is 492 g/mol. The number of amides is 1. The highest BCUT2D eigenvalue weighted by atomic mass is 19.4. The van der Waals surface area contributed by atoms with Gasteiger partial charge in [-0.15, -0.1) is 0 Å². The Hall–Kier alpha value is -4.07. The molecule has 3 aromatic rings. The highest BCUT2D eigenvalue weighted by Gasteiger charge is 2.49. The van der Waals surface area contributed by atoms with E-state index in [0.29, 0.717) is 34.0 Å². The van der Waals surface area contributed by atoms with Crippen molar-refractivity contribution in [1.82, 2.24) is 0 Å². The summed E-state index contributed by atoms with van der Waals surface area (Å²) in [6, 6.07) is 20.9. The summed E-state index contributed by atoms with van der Waals surface area (Å²) in [5.41, 5.74) is 2.46. The van der Waals surface area contributed by atoms with Crippen LogP contribution in [-0.2, 0) is 9.59 Å². The van der Waals surface area contributed by atoms with E-state index in [1.54, 1.807) is 55.6 Å². The molecule has 0 spiro atoms. The largest absolute Gasteiger partial charge is 0.497 e. The summed E-state index contributed by atoms with van der Waals surface area (Å²) >= 11 is 0. The Labute approximate surface area is 206 Å². The minimum absolute atomic E-state index is 0.0666. The molecule has 0 radical (unpaired) electrons. The molecule has 1 aliphatic heterocycles. The van der Waals surface area contributed by atoms with Crippen LogP contribution < -0.4 is 15.0 Å². The molecule has 5 rings (SSSR count). The Balaban J connectivity index is 1.69. The number of anilines is 2. The second-order valence-corrected chi connectivity index (χ2v) is 8.82. The number of hydrogen-bond donors (Lipinski definition) is 1. The summed E-state index contributed by atoms with van der Waals surface area (Å²) < 4.78 is 46.9. The van der Waals surface area contributed by atoms with Crippen molar-refractivity contribution in [1.29, 1.82) is 0 Å². The van der Waals surface area contributed by atoms with Crippen molar-refractivity contribution in [3.05, 3.63) is 101 Å². The lowest BCUT2D eigenvalue weighted by atomic mass is 9.78. The second kappa shape index (κ2) is 9.18. The number of para-hydroxylation sites is 2. The molecule has 36 heavy (non-hydrogen) atoms. The molecule has 0 saturated carbocycles. The molecule has 3 aromatic carbocycles. The van der Waals surface area contributed by atoms with E-state index >= 15 is 0 Å². The smallest absolute Gasteiger partial charge is 0.471 e. The van der Waals surface area contributed by atoms with Gasteiger partial charge in [0.05, 0.1) is 24.5 Å². The number of alkyl halides is 3. The first-order chi connectivity index (χ1) is 17.3. The summed E-state index contributed by atoms with van der Waals surface area (Å²) in [5.74, 6) is -1.81. The maximum Gasteiger partial charge on any atom is 0.471 e. The van der Waals surface area contributed by atoms with E-state index in [1.807, 2.05) is 24.3 Å². The van der Waals surface area contributed by atoms with Gasteiger partial charge in [-0.25, -0.2) is 0 Å². The molecule has 1 N–H and O–H groups in total. The first-order valence-corrected chi connectivity index (χ1v) is 11.5. The maximum absolute atomic E-state index is 13.9. The lowest BCUT2D eigenvalue weighted by Gasteiger charge is -2.35. The van der Waals surface area contributed by atoms with Crippen molar-refractivity contribution in [3.63, 3.8) is 0 Å². The van der Waals surface area contributed by atoms with Crippen LogP contribution in [0.25, 0.3) is 0 Å². The highest BCUT2D eigenvalue weighted by molar-refractivity contribution is 6.07. The molecule has 1 amide bonds. The quantitative estimate of drug-likeness (QED) is 0.476. The third kappa shape index (κ3) is 4.23. The third-order valence-corrected chi connectivity index (χ3v) is 6.65. The normalized spacial score (nSPS) is 19.7. The van der Waals surface area contributed by atoms with Gasteiger partial charge in [0.2, 0.25) is 0 Å². The predicted octanol–water partition coefficient (Wildman–Crippen LogP) is 6.16. The lowest BCUT2D eigenvalue weighted by molar-refractivity contribution is -0.170. The van der Waals surface area contributed by atoms with Gasteiger partial charge in [-0.1, -0.05) is 54.6 Å². The van der Waals surface area contributed by atoms with Crippen LogP contribution in [0.1, 0.15) is 35.9 Å². The Morgan fingerprint density at radius 1 is 0.917 bits per heavy atom. The van der Waals surface area contributed by atoms with Crippen LogP contribution in [0.15, 0.2) is 90.1 Å². The van der Waals surface area contributed by atoms with Crippen molar-refractivity contribution in [3.8, 4) is 5.75 Å². The van der Waals surface area contributed by atoms with E-state index in [0.717, 1.165) is 5.56 Å². The molecule has 0 fully saturated rings. The maximum atomic E-state index is 13.9. The van der Waals surface area contributed by atoms with Gasteiger partial charge in [0, 0.05) is 17.7 Å². The molecule has 0 saturated heterocycles. The number of benzene rings is 3. The van der Waals surface area contributed by atoms with Crippen molar-refractivity contribution in [2.24, 2.45) is 0 Å². The van der Waals surface area contributed by atoms with Crippen LogP contribution in [0.2, 0.25) is 0 Å². The Kier molecular flexibility index (Phi) is 6.04. The molecule has 0 bridgehead atoms. The Morgan fingerprint density at radius 2 is 1.58 bits per heavy atom. The fourth-order valence-corrected chi connectivity index (χ4v) is 5.01. The Bertz CT molecular complexity index is 1330. The van der Waals surface area contributed by atoms with Crippen LogP contribution >= 0.6 is 0 Å². The number of Topliss-reactive ketones (excluding diaryl/α,β-unsaturated/α-hetero) is 1. The van der Waals surface area contributed by atoms with Crippen LogP contribution in [0, 0.1) is 0 Å². The summed E-state index contributed by atoms with van der Waals surface area (Å²) in [5, 5.41) is 3.22. The van der Waals surface area contributed by atoms with Gasteiger partial charge >= 0.3 is 12.1 Å². The number of ketones is 1. The van der Waals surface area contributed by atoms with Crippen LogP contribution in [0.5, 0.6) is 5.75 Å². The van der Waals surface area contributed by atoms with Gasteiger partial charge in [-0.2, -0.15) is 13.2 Å². The number of hydrogen-bond acceptors (Lipinski definition) is 4. The van der Waals surface area contributed by atoms with E-state index in [-0.39, 0.29) is 29.4 Å². The highest BCUT2D eigenvalue weighted by Crippen LogP contribution is 2.48. The number of halogens is 3. The average Bonchev–Trinajstić information content (AvgIpc) is 3.02. The minimum atomic E-state index is -5.13. The molecule has 1 heterocycles. The first-order valence-electron chi connectivity index (χ1n) is 11.5. The molecular weight excluding hydrogens is 469 g/mol. The fourth-order valence-electron chi connectivity index (χ4n) is 5.01. The number of methoxy groups -OCH3 is 1. The molecule has 5 nitrogen and oxygen atoms in total. The summed E-state index contributed by atoms with van der Waals surface area (Å²) in [6.45, 7) is 0. The van der Waals surface area contributed by atoms with Crippen LogP contribution in [0.4, 0.5) is 24.5 Å². The van der Waals surface area contributed by atoms with Gasteiger partial charge in [0.25, 0.3) is 0 Å². The van der Waals surface area contributed by atoms with Gasteiger partial charge in [0.1, 0.15) is 5.75 Å². The number of rotatable bonds is 3. The summed E-state index contributed by atoms with van der Waals surface area (Å²) in [4.78, 5) is 27.3. The Morgan fingerprint density at radius 3 is 2.25 bits per heavy atom. The standard InChI is InChI=1S/C28H23F3N2O3/c1-36-20-13-11-17(12-14-20)19-15-22-25(24(34)16-19)26(18-7-3-2-4-8-18)33(27(35)28(29,30)31)23-10-6-5-9-21(23)32-22/h2-14,19,26,32H,15-16H2,1H3/t19-,26+/m1/s1. The lowest BCUT2D eigenvalue weighted by Crippen LogP contribution is -2.45.